The molecule has 0 bridgehead atoms. The molecule has 0 spiro atoms. The maximum absolute atomic E-state index is 13.1. The molecule has 0 aliphatic heterocycles. The van der Waals surface area contributed by atoms with Crippen molar-refractivity contribution >= 4 is 5.65 Å². The van der Waals surface area contributed by atoms with Crippen LogP contribution in [0.3, 0.4) is 0 Å². The van der Waals surface area contributed by atoms with Crippen molar-refractivity contribution in [3.05, 3.63) is 47.9 Å². The van der Waals surface area contributed by atoms with Crippen molar-refractivity contribution in [1.29, 1.82) is 0 Å². The second-order valence-electron chi connectivity index (χ2n) is 4.89. The smallest absolute Gasteiger partial charge is 0.416 e. The number of hydrogen-bond acceptors (Lipinski definition) is 4. The zero-order valence-corrected chi connectivity index (χ0v) is 12.1. The predicted octanol–water partition coefficient (Wildman–Crippen LogP) is 2.88. The highest BCUT2D eigenvalue weighted by Crippen LogP contribution is 2.34. The summed E-state index contributed by atoms with van der Waals surface area (Å²) in [7, 11) is 1.45. The van der Waals surface area contributed by atoms with Gasteiger partial charge in [0.15, 0.2) is 0 Å². The minimum absolute atomic E-state index is 0.0124. The fourth-order valence-electron chi connectivity index (χ4n) is 2.37. The summed E-state index contributed by atoms with van der Waals surface area (Å²) < 4.78 is 45.9. The molecule has 0 radical (unpaired) electrons. The molecule has 8 heteroatoms. The number of hydrogen-bond donors (Lipinski definition) is 1. The van der Waals surface area contributed by atoms with Gasteiger partial charge in [-0.1, -0.05) is 0 Å². The lowest BCUT2D eigenvalue weighted by Crippen LogP contribution is -2.08. The van der Waals surface area contributed by atoms with Crippen LogP contribution in [0.2, 0.25) is 0 Å². The summed E-state index contributed by atoms with van der Waals surface area (Å²) in [6.45, 7) is 0.0124. The van der Waals surface area contributed by atoms with Gasteiger partial charge >= 0.3 is 6.18 Å². The minimum Gasteiger partial charge on any atom is -0.478 e. The fraction of sp³-hybridized carbons (Fsp3) is 0.200. The number of benzene rings is 1. The molecule has 1 aromatic carbocycles. The summed E-state index contributed by atoms with van der Waals surface area (Å²) >= 11 is 0. The molecule has 23 heavy (non-hydrogen) atoms. The molecule has 0 saturated carbocycles. The molecule has 3 aromatic rings. The van der Waals surface area contributed by atoms with E-state index in [0.29, 0.717) is 28.3 Å². The molecule has 2 heterocycles. The van der Waals surface area contributed by atoms with E-state index < -0.39 is 11.7 Å². The van der Waals surface area contributed by atoms with Crippen molar-refractivity contribution < 1.29 is 17.9 Å². The normalized spacial score (nSPS) is 11.9. The second-order valence-corrected chi connectivity index (χ2v) is 4.89. The van der Waals surface area contributed by atoms with E-state index in [9.17, 15) is 13.2 Å². The van der Waals surface area contributed by atoms with Crippen LogP contribution in [0.1, 0.15) is 11.1 Å². The van der Waals surface area contributed by atoms with Crippen LogP contribution in [-0.4, -0.2) is 21.5 Å². The molecule has 0 unspecified atom stereocenters. The molecule has 3 rings (SSSR count). The number of nitrogens with two attached hydrogens (primary N) is 1. The van der Waals surface area contributed by atoms with Gasteiger partial charge in [-0.2, -0.15) is 13.2 Å². The Balaban J connectivity index is 2.23. The number of rotatable bonds is 3. The van der Waals surface area contributed by atoms with E-state index in [0.717, 1.165) is 12.1 Å². The van der Waals surface area contributed by atoms with E-state index in [1.54, 1.807) is 16.7 Å². The number of methoxy groups -OCH3 is 1. The highest BCUT2D eigenvalue weighted by atomic mass is 19.4. The third kappa shape index (κ3) is 2.72. The lowest BCUT2D eigenvalue weighted by atomic mass is 10.0. The first-order chi connectivity index (χ1) is 10.9. The number of halogens is 3. The quantitative estimate of drug-likeness (QED) is 0.805. The number of aromatic nitrogens is 3. The topological polar surface area (TPSA) is 65.4 Å². The van der Waals surface area contributed by atoms with Crippen LogP contribution in [0.15, 0.2) is 36.8 Å². The van der Waals surface area contributed by atoms with Gasteiger partial charge in [0.2, 0.25) is 5.65 Å². The molecule has 0 fully saturated rings. The van der Waals surface area contributed by atoms with Crippen molar-refractivity contribution in [2.75, 3.05) is 7.11 Å². The van der Waals surface area contributed by atoms with Crippen LogP contribution < -0.4 is 10.5 Å². The van der Waals surface area contributed by atoms with Crippen molar-refractivity contribution in [3.63, 3.8) is 0 Å². The predicted molar refractivity (Wildman–Crippen MR) is 77.9 cm³/mol. The Labute approximate surface area is 129 Å². The van der Waals surface area contributed by atoms with Gasteiger partial charge in [0.25, 0.3) is 5.88 Å². The van der Waals surface area contributed by atoms with E-state index in [1.165, 1.54) is 19.5 Å². The first-order valence-corrected chi connectivity index (χ1v) is 6.71. The highest BCUT2D eigenvalue weighted by molar-refractivity contribution is 5.67. The maximum atomic E-state index is 13.1. The largest absolute Gasteiger partial charge is 0.478 e. The fourth-order valence-corrected chi connectivity index (χ4v) is 2.37. The molecule has 0 amide bonds. The van der Waals surface area contributed by atoms with Crippen LogP contribution in [0.5, 0.6) is 5.88 Å². The molecular formula is C15H13F3N4O. The Hall–Kier alpha value is -2.61. The average molecular weight is 322 g/mol. The van der Waals surface area contributed by atoms with E-state index in [4.69, 9.17) is 10.5 Å². The molecule has 5 nitrogen and oxygen atoms in total. The van der Waals surface area contributed by atoms with Crippen LogP contribution in [0, 0.1) is 0 Å². The lowest BCUT2D eigenvalue weighted by Gasteiger charge is -2.11. The average Bonchev–Trinajstić information content (AvgIpc) is 2.97. The molecule has 0 aliphatic carbocycles. The Morgan fingerprint density at radius 2 is 2.00 bits per heavy atom. The number of imidazole rings is 1. The third-order valence-corrected chi connectivity index (χ3v) is 3.44. The molecule has 2 aromatic heterocycles. The summed E-state index contributed by atoms with van der Waals surface area (Å²) in [6, 6.07) is 3.75. The van der Waals surface area contributed by atoms with Crippen LogP contribution in [-0.2, 0) is 12.7 Å². The summed E-state index contributed by atoms with van der Waals surface area (Å²) in [5.41, 5.74) is 6.48. The summed E-state index contributed by atoms with van der Waals surface area (Å²) in [5.74, 6) is 0.296. The Kier molecular flexibility index (Phi) is 3.69. The van der Waals surface area contributed by atoms with Crippen molar-refractivity contribution in [1.82, 2.24) is 14.4 Å². The molecule has 0 aliphatic rings. The zero-order valence-electron chi connectivity index (χ0n) is 12.1. The van der Waals surface area contributed by atoms with E-state index >= 15 is 0 Å². The van der Waals surface area contributed by atoms with Gasteiger partial charge in [-0.25, -0.2) is 9.97 Å². The molecule has 0 atom stereocenters. The summed E-state index contributed by atoms with van der Waals surface area (Å²) in [4.78, 5) is 8.19. The van der Waals surface area contributed by atoms with Gasteiger partial charge < -0.3 is 10.5 Å². The molecular weight excluding hydrogens is 309 g/mol. The van der Waals surface area contributed by atoms with Gasteiger partial charge in [0.05, 0.1) is 24.6 Å². The molecule has 0 saturated heterocycles. The maximum Gasteiger partial charge on any atom is 0.416 e. The third-order valence-electron chi connectivity index (χ3n) is 3.44. The van der Waals surface area contributed by atoms with Gasteiger partial charge in [0, 0.05) is 24.5 Å². The first kappa shape index (κ1) is 15.3. The van der Waals surface area contributed by atoms with Crippen LogP contribution in [0.25, 0.3) is 16.9 Å². The van der Waals surface area contributed by atoms with E-state index in [2.05, 4.69) is 9.97 Å². The summed E-state index contributed by atoms with van der Waals surface area (Å²) in [5, 5.41) is 0. The minimum atomic E-state index is -4.44. The number of fused-ring (bicyclic) bond motifs is 1. The Morgan fingerprint density at radius 1 is 1.22 bits per heavy atom. The van der Waals surface area contributed by atoms with E-state index in [1.807, 2.05) is 0 Å². The number of alkyl halides is 3. The van der Waals surface area contributed by atoms with Crippen LogP contribution >= 0.6 is 0 Å². The second kappa shape index (κ2) is 5.54. The van der Waals surface area contributed by atoms with E-state index in [-0.39, 0.29) is 6.54 Å². The van der Waals surface area contributed by atoms with Gasteiger partial charge in [0.1, 0.15) is 0 Å². The van der Waals surface area contributed by atoms with Crippen molar-refractivity contribution in [2.45, 2.75) is 12.7 Å². The highest BCUT2D eigenvalue weighted by Gasteiger charge is 2.31. The summed E-state index contributed by atoms with van der Waals surface area (Å²) in [6.07, 6.45) is 0.145. The van der Waals surface area contributed by atoms with Crippen molar-refractivity contribution in [2.24, 2.45) is 5.73 Å². The zero-order chi connectivity index (χ0) is 16.6. The van der Waals surface area contributed by atoms with Crippen LogP contribution in [0.4, 0.5) is 13.2 Å². The lowest BCUT2D eigenvalue weighted by molar-refractivity contribution is -0.137. The van der Waals surface area contributed by atoms with Gasteiger partial charge in [-0.15, -0.1) is 0 Å². The number of ether oxygens (including phenoxy) is 1. The van der Waals surface area contributed by atoms with Crippen molar-refractivity contribution in [3.8, 4) is 17.1 Å². The SMILES string of the molecule is COc1nccn2c(-c3cc(CN)cc(C(F)(F)F)c3)cnc12. The molecule has 2 N–H and O–H groups in total. The Morgan fingerprint density at radius 3 is 2.65 bits per heavy atom. The molecule has 120 valence electrons. The van der Waals surface area contributed by atoms with Gasteiger partial charge in [-0.3, -0.25) is 4.40 Å². The van der Waals surface area contributed by atoms with Gasteiger partial charge in [-0.05, 0) is 23.8 Å². The standard InChI is InChI=1S/C15H13F3N4O/c1-23-14-13-21-8-12(22(13)3-2-20-14)10-4-9(7-19)5-11(6-10)15(16,17)18/h2-6,8H,7,19H2,1H3. The monoisotopic (exact) mass is 322 g/mol. The Bertz CT molecular complexity index is 858. The number of nitrogens with zero attached hydrogens (tertiary/aromatic N) is 3. The first-order valence-electron chi connectivity index (χ1n) is 6.71.